The molecule has 0 bridgehead atoms. The van der Waals surface area contributed by atoms with Crippen LogP contribution in [0.5, 0.6) is 5.75 Å². The van der Waals surface area contributed by atoms with Crippen LogP contribution in [0.1, 0.15) is 6.92 Å². The summed E-state index contributed by atoms with van der Waals surface area (Å²) >= 11 is 0. The molecule has 0 aliphatic carbocycles. The highest BCUT2D eigenvalue weighted by molar-refractivity contribution is 5.65. The highest BCUT2D eigenvalue weighted by atomic mass is 16.5. The second kappa shape index (κ2) is 11.2. The topological polar surface area (TPSA) is 77.2 Å². The third-order valence-corrected chi connectivity index (χ3v) is 4.83. The maximum Gasteiger partial charge on any atom is 0.144 e. The number of nitrogens with two attached hydrogens (primary N) is 1. The van der Waals surface area contributed by atoms with E-state index >= 15 is 0 Å². The van der Waals surface area contributed by atoms with Crippen molar-refractivity contribution in [3.05, 3.63) is 18.2 Å². The van der Waals surface area contributed by atoms with Gasteiger partial charge in [0, 0.05) is 57.6 Å². The van der Waals surface area contributed by atoms with Crippen molar-refractivity contribution in [3.63, 3.8) is 0 Å². The molecule has 26 heavy (non-hydrogen) atoms. The van der Waals surface area contributed by atoms with Crippen LogP contribution in [-0.2, 0) is 0 Å². The molecule has 1 aliphatic heterocycles. The van der Waals surface area contributed by atoms with E-state index in [4.69, 9.17) is 15.6 Å². The minimum absolute atomic E-state index is 0.224. The summed E-state index contributed by atoms with van der Waals surface area (Å²) in [6, 6.07) is 5.88. The van der Waals surface area contributed by atoms with E-state index in [0.717, 1.165) is 76.0 Å². The van der Waals surface area contributed by atoms with Crippen molar-refractivity contribution < 1.29 is 9.84 Å². The molecule has 0 spiro atoms. The molecule has 0 aromatic heterocycles. The van der Waals surface area contributed by atoms with Crippen molar-refractivity contribution in [2.24, 2.45) is 0 Å². The predicted molar refractivity (Wildman–Crippen MR) is 108 cm³/mol. The fraction of sp³-hybridized carbons (Fsp3) is 0.684. The van der Waals surface area contributed by atoms with Gasteiger partial charge in [-0.15, -0.1) is 0 Å². The number of hydrogen-bond donors (Lipinski definition) is 3. The SMILES string of the molecule is CCN(CCNCCN1CCOc2cc(N)ccc21)CCN(C)CCO. The Balaban J connectivity index is 1.64. The molecule has 0 atom stereocenters. The van der Waals surface area contributed by atoms with Gasteiger partial charge in [-0.05, 0) is 25.7 Å². The lowest BCUT2D eigenvalue weighted by Crippen LogP contribution is -2.41. The second-order valence-electron chi connectivity index (χ2n) is 6.77. The Hall–Kier alpha value is -1.54. The number of fused-ring (bicyclic) bond motifs is 1. The number of nitrogen functional groups attached to an aromatic ring is 1. The molecule has 7 nitrogen and oxygen atoms in total. The number of ether oxygens (including phenoxy) is 1. The van der Waals surface area contributed by atoms with Crippen LogP contribution < -0.4 is 20.7 Å². The van der Waals surface area contributed by atoms with Crippen molar-refractivity contribution in [1.29, 1.82) is 0 Å². The Bertz CT molecular complexity index is 529. The van der Waals surface area contributed by atoms with Crippen LogP contribution in [0.25, 0.3) is 0 Å². The van der Waals surface area contributed by atoms with E-state index in [2.05, 4.69) is 34.0 Å². The zero-order valence-corrected chi connectivity index (χ0v) is 16.3. The van der Waals surface area contributed by atoms with Crippen LogP contribution in [0, 0.1) is 0 Å². The highest BCUT2D eigenvalue weighted by Gasteiger charge is 2.17. The van der Waals surface area contributed by atoms with E-state index in [1.807, 2.05) is 18.2 Å². The summed E-state index contributed by atoms with van der Waals surface area (Å²) in [6.07, 6.45) is 0. The zero-order chi connectivity index (χ0) is 18.8. The molecular weight excluding hydrogens is 330 g/mol. The van der Waals surface area contributed by atoms with Gasteiger partial charge >= 0.3 is 0 Å². The minimum atomic E-state index is 0.224. The lowest BCUT2D eigenvalue weighted by atomic mass is 10.2. The van der Waals surface area contributed by atoms with Gasteiger partial charge in [0.2, 0.25) is 0 Å². The van der Waals surface area contributed by atoms with Crippen LogP contribution in [-0.4, -0.2) is 94.1 Å². The van der Waals surface area contributed by atoms with E-state index in [-0.39, 0.29) is 6.61 Å². The summed E-state index contributed by atoms with van der Waals surface area (Å²) in [6.45, 7) is 11.8. The van der Waals surface area contributed by atoms with Crippen LogP contribution in [0.4, 0.5) is 11.4 Å². The standard InChI is InChI=1S/C19H35N5O2/c1-3-23(11-10-22(2)12-14-25)8-6-21-7-9-24-13-15-26-19-16-17(20)4-5-18(19)24/h4-5,16,21,25H,3,6-15,20H2,1-2H3. The van der Waals surface area contributed by atoms with Crippen LogP contribution >= 0.6 is 0 Å². The molecule has 0 saturated carbocycles. The number of hydrogen-bond acceptors (Lipinski definition) is 7. The molecule has 0 saturated heterocycles. The van der Waals surface area contributed by atoms with Gasteiger partial charge in [-0.25, -0.2) is 0 Å². The Morgan fingerprint density at radius 2 is 2.08 bits per heavy atom. The molecule has 2 rings (SSSR count). The molecule has 0 radical (unpaired) electrons. The number of nitrogens with zero attached hydrogens (tertiary/aromatic N) is 3. The number of nitrogens with one attached hydrogen (secondary N) is 1. The molecular formula is C19H35N5O2. The largest absolute Gasteiger partial charge is 0.489 e. The number of aliphatic hydroxyl groups is 1. The molecule has 0 amide bonds. The van der Waals surface area contributed by atoms with Crippen molar-refractivity contribution in [1.82, 2.24) is 15.1 Å². The number of anilines is 2. The molecule has 7 heteroatoms. The summed E-state index contributed by atoms with van der Waals surface area (Å²) in [4.78, 5) is 6.96. The van der Waals surface area contributed by atoms with E-state index in [1.54, 1.807) is 0 Å². The monoisotopic (exact) mass is 365 g/mol. The first-order valence-electron chi connectivity index (χ1n) is 9.63. The quantitative estimate of drug-likeness (QED) is 0.363. The molecule has 1 aromatic carbocycles. The van der Waals surface area contributed by atoms with Gasteiger partial charge in [-0.1, -0.05) is 6.92 Å². The van der Waals surface area contributed by atoms with E-state index < -0.39 is 0 Å². The molecule has 4 N–H and O–H groups in total. The van der Waals surface area contributed by atoms with Crippen LogP contribution in [0.3, 0.4) is 0 Å². The fourth-order valence-corrected chi connectivity index (χ4v) is 3.12. The van der Waals surface area contributed by atoms with E-state index in [0.29, 0.717) is 6.61 Å². The number of benzene rings is 1. The van der Waals surface area contributed by atoms with Gasteiger partial charge in [0.05, 0.1) is 18.8 Å². The molecule has 1 heterocycles. The van der Waals surface area contributed by atoms with Gasteiger partial charge in [0.1, 0.15) is 12.4 Å². The Morgan fingerprint density at radius 3 is 2.85 bits per heavy atom. The summed E-state index contributed by atoms with van der Waals surface area (Å²) in [5, 5.41) is 12.5. The third kappa shape index (κ3) is 6.64. The lowest BCUT2D eigenvalue weighted by Gasteiger charge is -2.31. The average Bonchev–Trinajstić information content (AvgIpc) is 2.64. The molecule has 1 aromatic rings. The van der Waals surface area contributed by atoms with Gasteiger partial charge in [-0.3, -0.25) is 0 Å². The predicted octanol–water partition coefficient (Wildman–Crippen LogP) is 0.303. The normalized spacial score (nSPS) is 14.0. The van der Waals surface area contributed by atoms with Crippen LogP contribution in [0.2, 0.25) is 0 Å². The fourth-order valence-electron chi connectivity index (χ4n) is 3.12. The highest BCUT2D eigenvalue weighted by Crippen LogP contribution is 2.32. The number of aliphatic hydroxyl groups excluding tert-OH is 1. The number of likely N-dealkylation sites (N-methyl/N-ethyl adjacent to an activating group) is 2. The third-order valence-electron chi connectivity index (χ3n) is 4.83. The Morgan fingerprint density at radius 1 is 1.23 bits per heavy atom. The van der Waals surface area contributed by atoms with Crippen LogP contribution in [0.15, 0.2) is 18.2 Å². The van der Waals surface area contributed by atoms with Crippen molar-refractivity contribution in [3.8, 4) is 5.75 Å². The molecule has 0 unspecified atom stereocenters. The molecule has 148 valence electrons. The number of rotatable bonds is 12. The Kier molecular flexibility index (Phi) is 8.97. The minimum Gasteiger partial charge on any atom is -0.489 e. The molecule has 1 aliphatic rings. The summed E-state index contributed by atoms with van der Waals surface area (Å²) in [7, 11) is 2.05. The first-order chi connectivity index (χ1) is 12.6. The van der Waals surface area contributed by atoms with Gasteiger partial charge in [0.15, 0.2) is 0 Å². The summed E-state index contributed by atoms with van der Waals surface area (Å²) in [5.74, 6) is 0.889. The second-order valence-corrected chi connectivity index (χ2v) is 6.77. The van der Waals surface area contributed by atoms with Gasteiger partial charge in [0.25, 0.3) is 0 Å². The zero-order valence-electron chi connectivity index (χ0n) is 16.3. The first kappa shape index (κ1) is 20.8. The molecule has 0 fully saturated rings. The summed E-state index contributed by atoms with van der Waals surface area (Å²) < 4.78 is 5.70. The smallest absolute Gasteiger partial charge is 0.144 e. The van der Waals surface area contributed by atoms with Crippen molar-refractivity contribution in [2.45, 2.75) is 6.92 Å². The van der Waals surface area contributed by atoms with E-state index in [9.17, 15) is 0 Å². The maximum absolute atomic E-state index is 8.96. The first-order valence-corrected chi connectivity index (χ1v) is 9.63. The average molecular weight is 366 g/mol. The van der Waals surface area contributed by atoms with Gasteiger partial charge < -0.3 is 35.6 Å². The van der Waals surface area contributed by atoms with Gasteiger partial charge in [-0.2, -0.15) is 0 Å². The Labute approximate surface area is 157 Å². The van der Waals surface area contributed by atoms with E-state index in [1.165, 1.54) is 0 Å². The lowest BCUT2D eigenvalue weighted by molar-refractivity contribution is 0.193. The van der Waals surface area contributed by atoms with Crippen molar-refractivity contribution in [2.75, 3.05) is 89.8 Å². The summed E-state index contributed by atoms with van der Waals surface area (Å²) in [5.41, 5.74) is 7.71. The van der Waals surface area contributed by atoms with Crippen molar-refractivity contribution >= 4 is 11.4 Å². The maximum atomic E-state index is 8.96.